The van der Waals surface area contributed by atoms with Crippen LogP contribution in [0, 0.1) is 0 Å². The molecule has 6 heteroatoms. The summed E-state index contributed by atoms with van der Waals surface area (Å²) in [5, 5.41) is 0. The van der Waals surface area contributed by atoms with Crippen molar-refractivity contribution in [1.29, 1.82) is 0 Å². The van der Waals surface area contributed by atoms with Gasteiger partial charge < -0.3 is 9.47 Å². The summed E-state index contributed by atoms with van der Waals surface area (Å²) >= 11 is 0. The van der Waals surface area contributed by atoms with Crippen LogP contribution in [0.5, 0.6) is 5.75 Å². The second-order valence-electron chi connectivity index (χ2n) is 4.50. The summed E-state index contributed by atoms with van der Waals surface area (Å²) in [6, 6.07) is 6.60. The standard InChI is InChI=1S/C15H21F2NO3/c1-3-9-18(11-14(19)20-4-2)10-12-7-5-6-8-13(12)21-15(16)17/h5-8,15H,3-4,9-11H2,1-2H3. The van der Waals surface area contributed by atoms with Crippen LogP contribution in [-0.2, 0) is 16.1 Å². The zero-order valence-electron chi connectivity index (χ0n) is 12.4. The highest BCUT2D eigenvalue weighted by atomic mass is 19.3. The fourth-order valence-corrected chi connectivity index (χ4v) is 2.01. The highest BCUT2D eigenvalue weighted by Crippen LogP contribution is 2.22. The second kappa shape index (κ2) is 9.28. The van der Waals surface area contributed by atoms with Crippen LogP contribution in [-0.4, -0.2) is 37.2 Å². The molecule has 0 N–H and O–H groups in total. The predicted octanol–water partition coefficient (Wildman–Crippen LogP) is 3.06. The molecule has 1 aromatic carbocycles. The van der Waals surface area contributed by atoms with Gasteiger partial charge in [-0.2, -0.15) is 8.78 Å². The van der Waals surface area contributed by atoms with Crippen LogP contribution < -0.4 is 4.74 Å². The van der Waals surface area contributed by atoms with E-state index in [4.69, 9.17) is 4.74 Å². The lowest BCUT2D eigenvalue weighted by Gasteiger charge is -2.22. The zero-order chi connectivity index (χ0) is 15.7. The van der Waals surface area contributed by atoms with E-state index in [2.05, 4.69) is 4.74 Å². The van der Waals surface area contributed by atoms with E-state index in [1.54, 1.807) is 25.1 Å². The number of nitrogens with zero attached hydrogens (tertiary/aromatic N) is 1. The van der Waals surface area contributed by atoms with E-state index in [1.807, 2.05) is 11.8 Å². The minimum absolute atomic E-state index is 0.130. The van der Waals surface area contributed by atoms with Crippen molar-refractivity contribution in [2.75, 3.05) is 19.7 Å². The molecule has 0 aliphatic rings. The number of para-hydroxylation sites is 1. The Morgan fingerprint density at radius 1 is 1.29 bits per heavy atom. The summed E-state index contributed by atoms with van der Waals surface area (Å²) in [5.41, 5.74) is 0.621. The highest BCUT2D eigenvalue weighted by Gasteiger charge is 2.15. The van der Waals surface area contributed by atoms with Crippen molar-refractivity contribution < 1.29 is 23.0 Å². The highest BCUT2D eigenvalue weighted by molar-refractivity contribution is 5.71. The Hall–Kier alpha value is -1.69. The van der Waals surface area contributed by atoms with E-state index in [-0.39, 0.29) is 18.3 Å². The lowest BCUT2D eigenvalue weighted by Crippen LogP contribution is -2.31. The summed E-state index contributed by atoms with van der Waals surface area (Å²) in [4.78, 5) is 13.4. The van der Waals surface area contributed by atoms with Gasteiger partial charge >= 0.3 is 12.6 Å². The third-order valence-electron chi connectivity index (χ3n) is 2.78. The first-order valence-corrected chi connectivity index (χ1v) is 6.97. The minimum Gasteiger partial charge on any atom is -0.465 e. The number of hydrogen-bond acceptors (Lipinski definition) is 4. The maximum Gasteiger partial charge on any atom is 0.387 e. The number of benzene rings is 1. The Morgan fingerprint density at radius 3 is 2.62 bits per heavy atom. The quantitative estimate of drug-likeness (QED) is 0.657. The molecule has 21 heavy (non-hydrogen) atoms. The molecule has 0 radical (unpaired) electrons. The van der Waals surface area contributed by atoms with E-state index in [0.29, 0.717) is 25.3 Å². The molecule has 0 saturated heterocycles. The molecule has 0 bridgehead atoms. The fourth-order valence-electron chi connectivity index (χ4n) is 2.01. The number of carbonyl (C=O) groups is 1. The monoisotopic (exact) mass is 301 g/mol. The first kappa shape index (κ1) is 17.4. The van der Waals surface area contributed by atoms with Crippen LogP contribution >= 0.6 is 0 Å². The van der Waals surface area contributed by atoms with E-state index < -0.39 is 6.61 Å². The Balaban J connectivity index is 2.76. The van der Waals surface area contributed by atoms with Gasteiger partial charge in [0.15, 0.2) is 0 Å². The maximum absolute atomic E-state index is 12.4. The van der Waals surface area contributed by atoms with Crippen molar-refractivity contribution in [2.24, 2.45) is 0 Å². The van der Waals surface area contributed by atoms with Crippen molar-refractivity contribution in [3.63, 3.8) is 0 Å². The molecular weight excluding hydrogens is 280 g/mol. The van der Waals surface area contributed by atoms with Gasteiger partial charge in [0.05, 0.1) is 13.2 Å². The van der Waals surface area contributed by atoms with Crippen LogP contribution in [0.2, 0.25) is 0 Å². The summed E-state index contributed by atoms with van der Waals surface area (Å²) < 4.78 is 34.2. The molecule has 0 aliphatic carbocycles. The summed E-state index contributed by atoms with van der Waals surface area (Å²) in [7, 11) is 0. The smallest absolute Gasteiger partial charge is 0.387 e. The molecule has 0 aromatic heterocycles. The Bertz CT molecular complexity index is 441. The molecular formula is C15H21F2NO3. The Kier molecular flexibility index (Phi) is 7.68. The van der Waals surface area contributed by atoms with E-state index in [1.165, 1.54) is 6.07 Å². The molecule has 0 fully saturated rings. The first-order valence-electron chi connectivity index (χ1n) is 6.97. The van der Waals surface area contributed by atoms with Crippen molar-refractivity contribution in [3.05, 3.63) is 29.8 Å². The number of halogens is 2. The van der Waals surface area contributed by atoms with E-state index >= 15 is 0 Å². The lowest BCUT2D eigenvalue weighted by molar-refractivity contribution is -0.144. The number of rotatable bonds is 9. The van der Waals surface area contributed by atoms with Gasteiger partial charge in [-0.1, -0.05) is 25.1 Å². The van der Waals surface area contributed by atoms with Crippen LogP contribution in [0.25, 0.3) is 0 Å². The molecule has 4 nitrogen and oxygen atoms in total. The SMILES string of the molecule is CCCN(CC(=O)OCC)Cc1ccccc1OC(F)F. The normalized spacial score (nSPS) is 11.0. The number of carbonyl (C=O) groups excluding carboxylic acids is 1. The van der Waals surface area contributed by atoms with Crippen molar-refractivity contribution in [1.82, 2.24) is 4.90 Å². The van der Waals surface area contributed by atoms with Gasteiger partial charge in [-0.3, -0.25) is 9.69 Å². The lowest BCUT2D eigenvalue weighted by atomic mass is 10.2. The number of hydrogen-bond donors (Lipinski definition) is 0. The van der Waals surface area contributed by atoms with E-state index in [9.17, 15) is 13.6 Å². The third-order valence-corrected chi connectivity index (χ3v) is 2.78. The van der Waals surface area contributed by atoms with Gasteiger partial charge in [0, 0.05) is 12.1 Å². The first-order chi connectivity index (χ1) is 10.1. The van der Waals surface area contributed by atoms with Crippen molar-refractivity contribution in [2.45, 2.75) is 33.4 Å². The van der Waals surface area contributed by atoms with Gasteiger partial charge in [0.2, 0.25) is 0 Å². The summed E-state index contributed by atoms with van der Waals surface area (Å²) in [5.74, 6) is -0.185. The number of alkyl halides is 2. The van der Waals surface area contributed by atoms with Crippen molar-refractivity contribution >= 4 is 5.97 Å². The average Bonchev–Trinajstić information content (AvgIpc) is 2.41. The molecule has 0 atom stereocenters. The molecule has 0 unspecified atom stereocenters. The van der Waals surface area contributed by atoms with Crippen LogP contribution in [0.15, 0.2) is 24.3 Å². The largest absolute Gasteiger partial charge is 0.465 e. The van der Waals surface area contributed by atoms with E-state index in [0.717, 1.165) is 6.42 Å². The number of esters is 1. The van der Waals surface area contributed by atoms with Crippen LogP contribution in [0.1, 0.15) is 25.8 Å². The molecule has 1 aromatic rings. The van der Waals surface area contributed by atoms with Gasteiger partial charge in [-0.15, -0.1) is 0 Å². The average molecular weight is 301 g/mol. The molecule has 0 spiro atoms. The minimum atomic E-state index is -2.86. The predicted molar refractivity (Wildman–Crippen MR) is 75.3 cm³/mol. The molecule has 118 valence electrons. The fraction of sp³-hybridized carbons (Fsp3) is 0.533. The van der Waals surface area contributed by atoms with Crippen LogP contribution in [0.3, 0.4) is 0 Å². The topological polar surface area (TPSA) is 38.8 Å². The number of ether oxygens (including phenoxy) is 2. The molecule has 1 rings (SSSR count). The summed E-state index contributed by atoms with van der Waals surface area (Å²) in [6.07, 6.45) is 0.845. The second-order valence-corrected chi connectivity index (χ2v) is 4.50. The molecule has 0 heterocycles. The van der Waals surface area contributed by atoms with Crippen molar-refractivity contribution in [3.8, 4) is 5.75 Å². The zero-order valence-corrected chi connectivity index (χ0v) is 12.4. The molecule has 0 saturated carbocycles. The van der Waals surface area contributed by atoms with Gasteiger partial charge in [0.25, 0.3) is 0 Å². The van der Waals surface area contributed by atoms with Gasteiger partial charge in [0.1, 0.15) is 5.75 Å². The maximum atomic E-state index is 12.4. The third kappa shape index (κ3) is 6.53. The molecule has 0 amide bonds. The van der Waals surface area contributed by atoms with Crippen LogP contribution in [0.4, 0.5) is 8.78 Å². The Morgan fingerprint density at radius 2 is 2.00 bits per heavy atom. The molecule has 0 aliphatic heterocycles. The van der Waals surface area contributed by atoms with Gasteiger partial charge in [-0.25, -0.2) is 0 Å². The Labute approximate surface area is 123 Å². The van der Waals surface area contributed by atoms with Gasteiger partial charge in [-0.05, 0) is 26.0 Å². The summed E-state index contributed by atoms with van der Waals surface area (Å²) in [6.45, 7) is 2.34.